The number of aromatic nitrogens is 3. The van der Waals surface area contributed by atoms with E-state index in [-0.39, 0.29) is 10.7 Å². The molecule has 0 atom stereocenters. The number of pyridine rings is 1. The van der Waals surface area contributed by atoms with E-state index in [0.29, 0.717) is 23.7 Å². The summed E-state index contributed by atoms with van der Waals surface area (Å²) in [6, 6.07) is 9.64. The molecule has 0 radical (unpaired) electrons. The fourth-order valence-corrected chi connectivity index (χ4v) is 2.09. The molecule has 0 N–H and O–H groups in total. The fourth-order valence-electron chi connectivity index (χ4n) is 1.95. The second-order valence-electron chi connectivity index (χ2n) is 4.48. The van der Waals surface area contributed by atoms with Crippen LogP contribution in [0.15, 0.2) is 36.5 Å². The molecule has 106 valence electrons. The average molecular weight is 304 g/mol. The van der Waals surface area contributed by atoms with Crippen molar-refractivity contribution < 1.29 is 9.13 Å². The molecule has 0 aliphatic carbocycles. The van der Waals surface area contributed by atoms with Crippen LogP contribution < -0.4 is 4.74 Å². The van der Waals surface area contributed by atoms with Gasteiger partial charge >= 0.3 is 0 Å². The van der Waals surface area contributed by atoms with Crippen LogP contribution in [0.3, 0.4) is 0 Å². The van der Waals surface area contributed by atoms with Crippen LogP contribution in [0.4, 0.5) is 4.39 Å². The molecule has 21 heavy (non-hydrogen) atoms. The van der Waals surface area contributed by atoms with Gasteiger partial charge in [-0.25, -0.2) is 14.4 Å². The van der Waals surface area contributed by atoms with Crippen LogP contribution in [0.5, 0.6) is 5.88 Å². The zero-order valence-corrected chi connectivity index (χ0v) is 11.9. The van der Waals surface area contributed by atoms with Crippen LogP contribution in [0.2, 0.25) is 5.15 Å². The lowest BCUT2D eigenvalue weighted by Crippen LogP contribution is -2.02. The van der Waals surface area contributed by atoms with E-state index in [0.717, 1.165) is 5.56 Å². The van der Waals surface area contributed by atoms with E-state index >= 15 is 0 Å². The number of ether oxygens (including phenoxy) is 1. The van der Waals surface area contributed by atoms with Crippen LogP contribution in [-0.2, 0) is 6.61 Å². The smallest absolute Gasteiger partial charge is 0.226 e. The Bertz CT molecular complexity index is 796. The molecule has 4 nitrogen and oxygen atoms in total. The Morgan fingerprint density at radius 2 is 1.95 bits per heavy atom. The quantitative estimate of drug-likeness (QED) is 0.692. The highest BCUT2D eigenvalue weighted by molar-refractivity contribution is 6.30. The summed E-state index contributed by atoms with van der Waals surface area (Å²) in [5.74, 6) is 0.0420. The van der Waals surface area contributed by atoms with Crippen LogP contribution >= 0.6 is 11.6 Å². The maximum atomic E-state index is 14.0. The molecular weight excluding hydrogens is 293 g/mol. The first-order valence-corrected chi connectivity index (χ1v) is 6.68. The summed E-state index contributed by atoms with van der Waals surface area (Å²) in [6.07, 6.45) is 1.42. The molecule has 0 spiro atoms. The van der Waals surface area contributed by atoms with Crippen molar-refractivity contribution in [2.24, 2.45) is 0 Å². The highest BCUT2D eigenvalue weighted by Crippen LogP contribution is 2.27. The molecule has 2 heterocycles. The van der Waals surface area contributed by atoms with E-state index in [4.69, 9.17) is 16.3 Å². The van der Waals surface area contributed by atoms with Crippen molar-refractivity contribution in [3.8, 4) is 5.88 Å². The minimum atomic E-state index is -0.663. The van der Waals surface area contributed by atoms with Crippen molar-refractivity contribution in [3.05, 3.63) is 58.9 Å². The van der Waals surface area contributed by atoms with Crippen molar-refractivity contribution in [2.45, 2.75) is 13.5 Å². The second-order valence-corrected chi connectivity index (χ2v) is 4.83. The van der Waals surface area contributed by atoms with Gasteiger partial charge in [0.2, 0.25) is 5.88 Å². The third-order valence-corrected chi connectivity index (χ3v) is 3.20. The lowest BCUT2D eigenvalue weighted by Gasteiger charge is -2.09. The Morgan fingerprint density at radius 1 is 1.19 bits per heavy atom. The second kappa shape index (κ2) is 5.61. The maximum Gasteiger partial charge on any atom is 0.226 e. The van der Waals surface area contributed by atoms with Gasteiger partial charge in [-0.15, -0.1) is 0 Å². The molecule has 0 fully saturated rings. The molecule has 0 bridgehead atoms. The minimum Gasteiger partial charge on any atom is -0.472 e. The van der Waals surface area contributed by atoms with E-state index in [1.165, 1.54) is 6.20 Å². The number of hydrogen-bond donors (Lipinski definition) is 0. The van der Waals surface area contributed by atoms with Gasteiger partial charge in [0.25, 0.3) is 0 Å². The molecule has 0 aliphatic heterocycles. The largest absolute Gasteiger partial charge is 0.472 e. The van der Waals surface area contributed by atoms with Gasteiger partial charge in [0.1, 0.15) is 17.9 Å². The first kappa shape index (κ1) is 13.7. The van der Waals surface area contributed by atoms with Gasteiger partial charge in [-0.1, -0.05) is 41.9 Å². The van der Waals surface area contributed by atoms with E-state index in [1.807, 2.05) is 30.3 Å². The summed E-state index contributed by atoms with van der Waals surface area (Å²) in [6.45, 7) is 2.00. The van der Waals surface area contributed by atoms with Gasteiger partial charge in [0.15, 0.2) is 11.0 Å². The van der Waals surface area contributed by atoms with Crippen molar-refractivity contribution in [3.63, 3.8) is 0 Å². The molecule has 0 saturated heterocycles. The van der Waals surface area contributed by atoms with Crippen LogP contribution in [0.1, 0.15) is 11.4 Å². The molecular formula is C15H11ClFN3O. The fraction of sp³-hybridized carbons (Fsp3) is 0.133. The molecule has 3 aromatic rings. The van der Waals surface area contributed by atoms with Gasteiger partial charge in [0, 0.05) is 6.20 Å². The number of fused-ring (bicyclic) bond motifs is 1. The zero-order chi connectivity index (χ0) is 14.8. The Balaban J connectivity index is 2.00. The average Bonchev–Trinajstić information content (AvgIpc) is 2.50. The number of benzene rings is 1. The number of aryl methyl sites for hydroxylation is 1. The Labute approximate surface area is 125 Å². The lowest BCUT2D eigenvalue weighted by atomic mass is 10.2. The molecule has 3 rings (SSSR count). The van der Waals surface area contributed by atoms with Gasteiger partial charge in [-0.2, -0.15) is 4.98 Å². The SMILES string of the molecule is Cc1nc(OCc2ccccc2)c2cnc(Cl)c(F)c2n1. The standard InChI is InChI=1S/C15H11ClFN3O/c1-9-19-13-11(7-18-14(16)12(13)17)15(20-9)21-8-10-5-3-2-4-6-10/h2-7H,8H2,1H3. The van der Waals surface area contributed by atoms with Gasteiger partial charge in [-0.05, 0) is 12.5 Å². The topological polar surface area (TPSA) is 47.9 Å². The summed E-state index contributed by atoms with van der Waals surface area (Å²) >= 11 is 5.68. The lowest BCUT2D eigenvalue weighted by molar-refractivity contribution is 0.297. The third kappa shape index (κ3) is 2.78. The molecule has 0 saturated carbocycles. The van der Waals surface area contributed by atoms with E-state index in [1.54, 1.807) is 6.92 Å². The molecule has 0 amide bonds. The van der Waals surface area contributed by atoms with Crippen LogP contribution in [-0.4, -0.2) is 15.0 Å². The summed E-state index contributed by atoms with van der Waals surface area (Å²) in [7, 11) is 0. The van der Waals surface area contributed by atoms with E-state index in [2.05, 4.69) is 15.0 Å². The molecule has 0 aliphatic rings. The minimum absolute atomic E-state index is 0.116. The molecule has 1 aromatic carbocycles. The summed E-state index contributed by atoms with van der Waals surface area (Å²) in [4.78, 5) is 12.0. The predicted molar refractivity (Wildman–Crippen MR) is 77.8 cm³/mol. The number of hydrogen-bond acceptors (Lipinski definition) is 4. The molecule has 6 heteroatoms. The summed E-state index contributed by atoms with van der Waals surface area (Å²) in [5.41, 5.74) is 1.11. The zero-order valence-electron chi connectivity index (χ0n) is 11.2. The van der Waals surface area contributed by atoms with Crippen molar-refractivity contribution in [1.29, 1.82) is 0 Å². The number of nitrogens with zero attached hydrogens (tertiary/aromatic N) is 3. The van der Waals surface area contributed by atoms with Gasteiger partial charge in [0.05, 0.1) is 5.39 Å². The molecule has 0 unspecified atom stereocenters. The highest BCUT2D eigenvalue weighted by Gasteiger charge is 2.14. The first-order chi connectivity index (χ1) is 10.1. The van der Waals surface area contributed by atoms with Crippen LogP contribution in [0, 0.1) is 12.7 Å². The summed E-state index contributed by atoms with van der Waals surface area (Å²) in [5, 5.41) is 0.188. The van der Waals surface area contributed by atoms with Crippen molar-refractivity contribution >= 4 is 22.5 Å². The first-order valence-electron chi connectivity index (χ1n) is 6.30. The summed E-state index contributed by atoms with van der Waals surface area (Å²) < 4.78 is 19.7. The number of rotatable bonds is 3. The van der Waals surface area contributed by atoms with Crippen molar-refractivity contribution in [2.75, 3.05) is 0 Å². The predicted octanol–water partition coefficient (Wildman–Crippen LogP) is 3.70. The van der Waals surface area contributed by atoms with Crippen LogP contribution in [0.25, 0.3) is 10.9 Å². The van der Waals surface area contributed by atoms with Crippen molar-refractivity contribution in [1.82, 2.24) is 15.0 Å². The Morgan fingerprint density at radius 3 is 2.71 bits per heavy atom. The highest BCUT2D eigenvalue weighted by atomic mass is 35.5. The Kier molecular flexibility index (Phi) is 3.66. The maximum absolute atomic E-state index is 14.0. The Hall–Kier alpha value is -2.27. The molecule has 2 aromatic heterocycles. The third-order valence-electron chi connectivity index (χ3n) is 2.94. The number of halogens is 2. The van der Waals surface area contributed by atoms with E-state index in [9.17, 15) is 4.39 Å². The van der Waals surface area contributed by atoms with E-state index < -0.39 is 5.82 Å². The monoisotopic (exact) mass is 303 g/mol. The van der Waals surface area contributed by atoms with Gasteiger partial charge < -0.3 is 4.74 Å². The normalized spacial score (nSPS) is 10.8. The van der Waals surface area contributed by atoms with Gasteiger partial charge in [-0.3, -0.25) is 0 Å².